The number of carbonyl (C=O) groups is 1. The largest absolute Gasteiger partial charge is 0.412 e. The number of sulfonamides is 1. The fraction of sp³-hybridized carbons (Fsp3) is 0.0455. The number of hydrazine groups is 1. The number of primary sulfonamides is 1. The van der Waals surface area contributed by atoms with E-state index in [1.54, 1.807) is 25.4 Å². The molecule has 0 aliphatic carbocycles. The van der Waals surface area contributed by atoms with Crippen LogP contribution < -0.4 is 40.2 Å². The van der Waals surface area contributed by atoms with Crippen LogP contribution in [-0.2, 0) is 10.0 Å². The molecule has 16 heteroatoms. The van der Waals surface area contributed by atoms with Crippen molar-refractivity contribution in [3.63, 3.8) is 0 Å². The van der Waals surface area contributed by atoms with Crippen molar-refractivity contribution in [1.82, 2.24) is 38.4 Å². The normalized spacial score (nSPS) is 10.1. The molecule has 18 N–H and O–H groups in total. The summed E-state index contributed by atoms with van der Waals surface area (Å²) in [7, 11) is -1.95. The van der Waals surface area contributed by atoms with E-state index in [2.05, 4.69) is 15.3 Å². The number of nitrogens with zero attached hydrogens (tertiary/aromatic N) is 4. The van der Waals surface area contributed by atoms with E-state index in [1.807, 2.05) is 47.1 Å². The summed E-state index contributed by atoms with van der Waals surface area (Å²) in [5, 5.41) is 19.0. The van der Waals surface area contributed by atoms with E-state index >= 15 is 0 Å². The quantitative estimate of drug-likeness (QED) is 0.125. The second kappa shape index (κ2) is 13.2. The van der Waals surface area contributed by atoms with E-state index in [0.29, 0.717) is 11.4 Å². The van der Waals surface area contributed by atoms with Gasteiger partial charge in [0, 0.05) is 17.8 Å². The first-order valence-electron chi connectivity index (χ1n) is 9.98. The summed E-state index contributed by atoms with van der Waals surface area (Å²) in [4.78, 5) is 11.8. The van der Waals surface area contributed by atoms with E-state index in [9.17, 15) is 13.2 Å². The summed E-state index contributed by atoms with van der Waals surface area (Å²) in [6.45, 7) is 0. The van der Waals surface area contributed by atoms with Gasteiger partial charge in [0.15, 0.2) is 0 Å². The third-order valence-corrected chi connectivity index (χ3v) is 6.03. The molecule has 0 bridgehead atoms. The number of hydrogen-bond acceptors (Lipinski definition) is 10. The molecular formula is C22H33N11O4S. The Labute approximate surface area is 218 Å². The number of nitrogens with two attached hydrogens (primary N) is 3. The lowest BCUT2D eigenvalue weighted by Gasteiger charge is -2.11. The molecule has 0 radical (unpaired) electrons. The lowest BCUT2D eigenvalue weighted by Crippen LogP contribution is -2.25. The van der Waals surface area contributed by atoms with Gasteiger partial charge in [-0.05, 0) is 48.5 Å². The van der Waals surface area contributed by atoms with Crippen molar-refractivity contribution in [3.8, 4) is 5.69 Å². The first-order chi connectivity index (χ1) is 16.2. The van der Waals surface area contributed by atoms with Crippen LogP contribution in [-0.4, -0.2) is 46.8 Å². The van der Waals surface area contributed by atoms with E-state index in [4.69, 9.17) is 16.7 Å². The highest BCUT2D eigenvalue weighted by atomic mass is 32.2. The van der Waals surface area contributed by atoms with Crippen LogP contribution in [0.1, 0.15) is 10.5 Å². The Hall–Kier alpha value is -4.42. The van der Waals surface area contributed by atoms with Crippen molar-refractivity contribution in [3.05, 3.63) is 78.6 Å². The monoisotopic (exact) mass is 547 g/mol. The number of aromatic nitrogens is 4. The molecule has 3 aromatic carbocycles. The maximum atomic E-state index is 11.7. The van der Waals surface area contributed by atoms with Gasteiger partial charge >= 0.3 is 0 Å². The van der Waals surface area contributed by atoms with Crippen LogP contribution in [0.5, 0.6) is 0 Å². The molecule has 5 rings (SSSR count). The van der Waals surface area contributed by atoms with Crippen LogP contribution >= 0.6 is 0 Å². The molecule has 0 aliphatic heterocycles. The predicted molar refractivity (Wildman–Crippen MR) is 148 cm³/mol. The van der Waals surface area contributed by atoms with E-state index < -0.39 is 15.9 Å². The minimum atomic E-state index is -3.60. The molecule has 0 saturated heterocycles. The van der Waals surface area contributed by atoms with Crippen LogP contribution in [0.15, 0.2) is 77.8 Å². The summed E-state index contributed by atoms with van der Waals surface area (Å²) in [5.41, 5.74) is 9.09. The third kappa shape index (κ3) is 6.66. The Morgan fingerprint density at radius 2 is 1.55 bits per heavy atom. The summed E-state index contributed by atoms with van der Waals surface area (Å²) in [6.07, 6.45) is 1.69. The van der Waals surface area contributed by atoms with Crippen LogP contribution in [0.25, 0.3) is 27.5 Å². The topological polar surface area (TPSA) is 316 Å². The minimum Gasteiger partial charge on any atom is -0.412 e. The molecule has 5 aromatic rings. The lowest BCUT2D eigenvalue weighted by atomic mass is 10.1. The summed E-state index contributed by atoms with van der Waals surface area (Å²) < 4.78 is 23.5. The maximum Gasteiger partial charge on any atom is 0.267 e. The van der Waals surface area contributed by atoms with E-state index in [0.717, 1.165) is 27.5 Å². The average molecular weight is 548 g/mol. The van der Waals surface area contributed by atoms with Crippen LogP contribution in [0.3, 0.4) is 0 Å². The number of para-hydroxylation sites is 1. The molecule has 0 unspecified atom stereocenters. The molecule has 0 spiro atoms. The van der Waals surface area contributed by atoms with Gasteiger partial charge in [0.2, 0.25) is 10.0 Å². The van der Waals surface area contributed by atoms with Gasteiger partial charge in [0.25, 0.3) is 5.91 Å². The first kappa shape index (κ1) is 33.6. The number of benzene rings is 3. The van der Waals surface area contributed by atoms with Crippen molar-refractivity contribution in [2.45, 2.75) is 4.90 Å². The fourth-order valence-electron chi connectivity index (χ4n) is 3.46. The van der Waals surface area contributed by atoms with Gasteiger partial charge in [0.1, 0.15) is 5.69 Å². The molecule has 0 atom stereocenters. The maximum absolute atomic E-state index is 11.7. The van der Waals surface area contributed by atoms with Gasteiger partial charge in [-0.2, -0.15) is 10.2 Å². The van der Waals surface area contributed by atoms with E-state index in [1.165, 1.54) is 17.1 Å². The number of nitrogens with one attached hydrogen (secondary N) is 1. The predicted octanol–water partition coefficient (Wildman–Crippen LogP) is 1.31. The summed E-state index contributed by atoms with van der Waals surface area (Å²) in [5.74, 6) is 4.93. The van der Waals surface area contributed by atoms with Crippen molar-refractivity contribution < 1.29 is 18.7 Å². The Bertz CT molecular complexity index is 1580. The Morgan fingerprint density at radius 3 is 2.08 bits per heavy atom. The van der Waals surface area contributed by atoms with Gasteiger partial charge in [-0.25, -0.2) is 19.4 Å². The number of aromatic amines is 1. The molecule has 38 heavy (non-hydrogen) atoms. The number of fused-ring (bicyclic) bond motifs is 3. The summed E-state index contributed by atoms with van der Waals surface area (Å²) >= 11 is 0. The van der Waals surface area contributed by atoms with Gasteiger partial charge in [-0.15, -0.1) is 0 Å². The van der Waals surface area contributed by atoms with Crippen LogP contribution in [0.4, 0.5) is 5.69 Å². The fourth-order valence-corrected chi connectivity index (χ4v) is 3.98. The zero-order valence-electron chi connectivity index (χ0n) is 20.7. The molecule has 2 aromatic heterocycles. The van der Waals surface area contributed by atoms with Crippen molar-refractivity contribution in [2.75, 3.05) is 12.1 Å². The first-order valence-corrected chi connectivity index (χ1v) is 11.5. The standard InChI is InChI=1S/C15H11N5O.C7H11N3O2S.3H3N.H2O/c16-15(21)13-10-6-7-12-11(8-17-18-12)14(10)20(19-13)9-4-2-1-3-5-9;1-10(8)6-2-4-7(5-3-6)13(9,11)12;;;;/h1-8,19H,(H2,16,21);2-5H,8H2,1H3,(H2,9,11,12);3*1H3;1H2. The number of hydrogen-bond donors (Lipinski definition) is 7. The number of H-pyrrole nitrogens is 1. The molecule has 1 amide bonds. The second-order valence-corrected chi connectivity index (χ2v) is 8.97. The van der Waals surface area contributed by atoms with Crippen LogP contribution in [0, 0.1) is 0 Å². The molecule has 2 heterocycles. The van der Waals surface area contributed by atoms with Gasteiger partial charge < -0.3 is 34.7 Å². The Kier molecular flexibility index (Phi) is 11.7. The number of rotatable bonds is 4. The molecule has 15 nitrogen and oxygen atoms in total. The van der Waals surface area contributed by atoms with Gasteiger partial charge in [-0.1, -0.05) is 18.2 Å². The SMILES string of the molecule is CN(N)c1ccc(S(N)(=O)=O)cc1.N.N.N.NC(=O)c1[nH]n(-c2ccccc2)c2c1ccc1nncc12.O. The highest BCUT2D eigenvalue weighted by molar-refractivity contribution is 7.89. The number of anilines is 1. The van der Waals surface area contributed by atoms with Gasteiger partial charge in [-0.3, -0.25) is 14.6 Å². The lowest BCUT2D eigenvalue weighted by molar-refractivity contribution is 0.0996. The molecule has 0 fully saturated rings. The molecular weight excluding hydrogens is 514 g/mol. The Morgan fingerprint density at radius 1 is 0.947 bits per heavy atom. The minimum absolute atomic E-state index is 0. The number of primary amides is 1. The number of carbonyl (C=O) groups excluding carboxylic acids is 1. The Balaban J connectivity index is 0.000000715. The zero-order chi connectivity index (χ0) is 24.5. The third-order valence-electron chi connectivity index (χ3n) is 5.10. The van der Waals surface area contributed by atoms with Crippen molar-refractivity contribution in [2.24, 2.45) is 16.7 Å². The van der Waals surface area contributed by atoms with Gasteiger partial charge in [0.05, 0.1) is 33.5 Å². The smallest absolute Gasteiger partial charge is 0.267 e. The highest BCUT2D eigenvalue weighted by Gasteiger charge is 2.17. The molecule has 0 aliphatic rings. The van der Waals surface area contributed by atoms with E-state index in [-0.39, 0.29) is 28.8 Å². The highest BCUT2D eigenvalue weighted by Crippen LogP contribution is 2.28. The van der Waals surface area contributed by atoms with Crippen molar-refractivity contribution in [1.29, 1.82) is 0 Å². The molecule has 0 saturated carbocycles. The average Bonchev–Trinajstić information content (AvgIpc) is 3.44. The van der Waals surface area contributed by atoms with Crippen molar-refractivity contribution >= 4 is 43.4 Å². The molecule has 206 valence electrons. The zero-order valence-corrected chi connectivity index (χ0v) is 21.5. The second-order valence-electron chi connectivity index (χ2n) is 7.41. The summed E-state index contributed by atoms with van der Waals surface area (Å²) in [6, 6.07) is 19.4. The number of amides is 1. The van der Waals surface area contributed by atoms with Crippen LogP contribution in [0.2, 0.25) is 0 Å².